The number of hydrogen-bond donors (Lipinski definition) is 1. The molecule has 1 heterocycles. The van der Waals surface area contributed by atoms with Crippen molar-refractivity contribution in [1.82, 2.24) is 10.2 Å². The van der Waals surface area contributed by atoms with Crippen molar-refractivity contribution in [3.63, 3.8) is 0 Å². The van der Waals surface area contributed by atoms with Gasteiger partial charge in [-0.05, 0) is 30.7 Å². The predicted molar refractivity (Wildman–Crippen MR) is 84.3 cm³/mol. The minimum atomic E-state index is -0.120. The Kier molecular flexibility index (Phi) is 5.26. The molecule has 21 heavy (non-hydrogen) atoms. The molecule has 1 aromatic carbocycles. The van der Waals surface area contributed by atoms with Gasteiger partial charge in [-0.3, -0.25) is 9.59 Å². The molecule has 1 fully saturated rings. The molecule has 1 atom stereocenters. The van der Waals surface area contributed by atoms with Crippen molar-refractivity contribution in [1.29, 1.82) is 0 Å². The van der Waals surface area contributed by atoms with E-state index in [1.54, 1.807) is 29.2 Å². The quantitative estimate of drug-likeness (QED) is 0.849. The summed E-state index contributed by atoms with van der Waals surface area (Å²) in [6, 6.07) is 5.15. The molecule has 1 aliphatic rings. The first-order valence-electron chi connectivity index (χ1n) is 6.68. The minimum absolute atomic E-state index is 0.0226. The lowest BCUT2D eigenvalue weighted by atomic mass is 10.2. The topological polar surface area (TPSA) is 49.4 Å². The summed E-state index contributed by atoms with van der Waals surface area (Å²) in [4.78, 5) is 25.3. The minimum Gasteiger partial charge on any atom is -0.354 e. The zero-order valence-corrected chi connectivity index (χ0v) is 13.1. The Morgan fingerprint density at radius 3 is 2.86 bits per heavy atom. The molecule has 2 amide bonds. The molecule has 1 saturated heterocycles. The van der Waals surface area contributed by atoms with Gasteiger partial charge in [0.1, 0.15) is 0 Å². The molecule has 1 N–H and O–H groups in total. The molecular formula is C15H16Cl2N2O2. The number of carbonyl (C=O) groups excluding carboxylic acids is 2. The standard InChI is InChI=1S/C15H16Cl2N2O2/c1-10-9-18-14(20)6-7-19(10)15(21)5-3-11-2-4-12(16)13(17)8-11/h2-5,8,10H,6-7,9H2,1H3,(H,18,20)/t10-/m1/s1. The van der Waals surface area contributed by atoms with Crippen molar-refractivity contribution in [3.8, 4) is 0 Å². The number of rotatable bonds is 2. The van der Waals surface area contributed by atoms with E-state index in [-0.39, 0.29) is 17.9 Å². The van der Waals surface area contributed by atoms with Gasteiger partial charge in [0.05, 0.1) is 10.0 Å². The number of hydrogen-bond acceptors (Lipinski definition) is 2. The molecule has 4 nitrogen and oxygen atoms in total. The van der Waals surface area contributed by atoms with E-state index in [0.29, 0.717) is 29.6 Å². The summed E-state index contributed by atoms with van der Waals surface area (Å²) in [5.74, 6) is -0.143. The van der Waals surface area contributed by atoms with Crippen LogP contribution < -0.4 is 5.32 Å². The van der Waals surface area contributed by atoms with Crippen LogP contribution in [0.4, 0.5) is 0 Å². The van der Waals surface area contributed by atoms with Crippen molar-refractivity contribution in [3.05, 3.63) is 39.9 Å². The van der Waals surface area contributed by atoms with Gasteiger partial charge >= 0.3 is 0 Å². The third kappa shape index (κ3) is 4.22. The first kappa shape index (κ1) is 15.9. The Balaban J connectivity index is 2.07. The first-order valence-corrected chi connectivity index (χ1v) is 7.43. The highest BCUT2D eigenvalue weighted by atomic mass is 35.5. The summed E-state index contributed by atoms with van der Waals surface area (Å²) < 4.78 is 0. The molecule has 112 valence electrons. The second kappa shape index (κ2) is 6.96. The zero-order valence-electron chi connectivity index (χ0n) is 11.6. The van der Waals surface area contributed by atoms with Crippen LogP contribution in [0.15, 0.2) is 24.3 Å². The molecule has 0 aromatic heterocycles. The number of carbonyl (C=O) groups is 2. The number of halogens is 2. The molecule has 2 rings (SSSR count). The van der Waals surface area contributed by atoms with Gasteiger partial charge in [-0.2, -0.15) is 0 Å². The highest BCUT2D eigenvalue weighted by molar-refractivity contribution is 6.42. The molecule has 0 saturated carbocycles. The number of nitrogens with one attached hydrogen (secondary N) is 1. The number of nitrogens with zero attached hydrogens (tertiary/aromatic N) is 1. The molecular weight excluding hydrogens is 311 g/mol. The molecule has 6 heteroatoms. The second-order valence-corrected chi connectivity index (χ2v) is 5.76. The molecule has 1 aromatic rings. The highest BCUT2D eigenvalue weighted by Crippen LogP contribution is 2.23. The summed E-state index contributed by atoms with van der Waals surface area (Å²) in [6.07, 6.45) is 3.51. The molecule has 0 bridgehead atoms. The van der Waals surface area contributed by atoms with Crippen LogP contribution in [0.2, 0.25) is 10.0 Å². The number of amides is 2. The monoisotopic (exact) mass is 326 g/mol. The predicted octanol–water partition coefficient (Wildman–Crippen LogP) is 2.74. The summed E-state index contributed by atoms with van der Waals surface area (Å²) in [7, 11) is 0. The Morgan fingerprint density at radius 1 is 1.38 bits per heavy atom. The second-order valence-electron chi connectivity index (χ2n) is 4.94. The summed E-state index contributed by atoms with van der Waals surface area (Å²) in [6.45, 7) is 2.82. The van der Waals surface area contributed by atoms with Crippen molar-refractivity contribution >= 4 is 41.1 Å². The molecule has 0 unspecified atom stereocenters. The van der Waals surface area contributed by atoms with E-state index in [9.17, 15) is 9.59 Å². The molecule has 0 spiro atoms. The normalized spacial score (nSPS) is 19.5. The fourth-order valence-electron chi connectivity index (χ4n) is 2.11. The van der Waals surface area contributed by atoms with E-state index in [1.807, 2.05) is 6.92 Å². The van der Waals surface area contributed by atoms with Crippen molar-refractivity contribution in [2.75, 3.05) is 13.1 Å². The lowest BCUT2D eigenvalue weighted by Crippen LogP contribution is -2.40. The summed E-state index contributed by atoms with van der Waals surface area (Å²) in [5, 5.41) is 3.70. The van der Waals surface area contributed by atoms with E-state index < -0.39 is 0 Å². The fourth-order valence-corrected chi connectivity index (χ4v) is 2.42. The maximum Gasteiger partial charge on any atom is 0.246 e. The third-order valence-electron chi connectivity index (χ3n) is 3.35. The van der Waals surface area contributed by atoms with Crippen LogP contribution in [0.1, 0.15) is 18.9 Å². The van der Waals surface area contributed by atoms with Crippen molar-refractivity contribution in [2.45, 2.75) is 19.4 Å². The number of benzene rings is 1. The van der Waals surface area contributed by atoms with E-state index in [0.717, 1.165) is 5.56 Å². The van der Waals surface area contributed by atoms with Crippen LogP contribution in [0.25, 0.3) is 6.08 Å². The van der Waals surface area contributed by atoms with Crippen LogP contribution in [0.3, 0.4) is 0 Å². The first-order chi connectivity index (χ1) is 9.97. The zero-order chi connectivity index (χ0) is 15.4. The Hall–Kier alpha value is -1.52. The largest absolute Gasteiger partial charge is 0.354 e. The molecule has 0 aliphatic carbocycles. The van der Waals surface area contributed by atoms with Crippen LogP contribution in [0, 0.1) is 0 Å². The van der Waals surface area contributed by atoms with Crippen molar-refractivity contribution < 1.29 is 9.59 Å². The van der Waals surface area contributed by atoms with Gasteiger partial charge in [0.25, 0.3) is 0 Å². The van der Waals surface area contributed by atoms with Gasteiger partial charge in [-0.15, -0.1) is 0 Å². The Morgan fingerprint density at radius 2 is 2.14 bits per heavy atom. The summed E-state index contributed by atoms with van der Waals surface area (Å²) >= 11 is 11.8. The van der Waals surface area contributed by atoms with Gasteiger partial charge in [0.2, 0.25) is 11.8 Å². The van der Waals surface area contributed by atoms with Gasteiger partial charge in [-0.1, -0.05) is 29.3 Å². The van der Waals surface area contributed by atoms with Crippen molar-refractivity contribution in [2.24, 2.45) is 0 Å². The average molecular weight is 327 g/mol. The highest BCUT2D eigenvalue weighted by Gasteiger charge is 2.22. The van der Waals surface area contributed by atoms with Gasteiger partial charge in [0, 0.05) is 31.6 Å². The maximum absolute atomic E-state index is 12.2. The summed E-state index contributed by atoms with van der Waals surface area (Å²) in [5.41, 5.74) is 0.800. The SMILES string of the molecule is C[C@@H]1CNC(=O)CCN1C(=O)C=Cc1ccc(Cl)c(Cl)c1. The van der Waals surface area contributed by atoms with E-state index in [2.05, 4.69) is 5.32 Å². The average Bonchev–Trinajstić information content (AvgIpc) is 2.62. The Bertz CT molecular complexity index is 587. The lowest BCUT2D eigenvalue weighted by Gasteiger charge is -2.25. The van der Waals surface area contributed by atoms with E-state index in [1.165, 1.54) is 6.08 Å². The third-order valence-corrected chi connectivity index (χ3v) is 4.09. The smallest absolute Gasteiger partial charge is 0.246 e. The van der Waals surface area contributed by atoms with E-state index in [4.69, 9.17) is 23.2 Å². The van der Waals surface area contributed by atoms with Gasteiger partial charge < -0.3 is 10.2 Å². The molecule has 0 radical (unpaired) electrons. The van der Waals surface area contributed by atoms with E-state index >= 15 is 0 Å². The van der Waals surface area contributed by atoms with Crippen LogP contribution in [-0.4, -0.2) is 35.8 Å². The van der Waals surface area contributed by atoms with Crippen LogP contribution in [0.5, 0.6) is 0 Å². The molecule has 1 aliphatic heterocycles. The maximum atomic E-state index is 12.2. The fraction of sp³-hybridized carbons (Fsp3) is 0.333. The van der Waals surface area contributed by atoms with Gasteiger partial charge in [-0.25, -0.2) is 0 Å². The van der Waals surface area contributed by atoms with Crippen LogP contribution in [-0.2, 0) is 9.59 Å². The Labute approximate surface area is 133 Å². The lowest BCUT2D eigenvalue weighted by molar-refractivity contribution is -0.127. The van der Waals surface area contributed by atoms with Crippen LogP contribution >= 0.6 is 23.2 Å². The van der Waals surface area contributed by atoms with Gasteiger partial charge in [0.15, 0.2) is 0 Å².